The topological polar surface area (TPSA) is 67.6 Å². The average molecular weight is 358 g/mol. The third-order valence-electron chi connectivity index (χ3n) is 4.29. The molecule has 2 aromatic heterocycles. The lowest BCUT2D eigenvalue weighted by Gasteiger charge is -2.37. The van der Waals surface area contributed by atoms with Gasteiger partial charge in [0, 0.05) is 25.7 Å². The maximum Gasteiger partial charge on any atom is 0.453 e. The van der Waals surface area contributed by atoms with Crippen LogP contribution in [0.1, 0.15) is 19.7 Å². The molecule has 2 aromatic rings. The zero-order valence-electron chi connectivity index (χ0n) is 14.1. The number of nitrogens with zero attached hydrogens (tertiary/aromatic N) is 5. The van der Waals surface area contributed by atoms with E-state index in [9.17, 15) is 13.2 Å². The lowest BCUT2D eigenvalue weighted by Crippen LogP contribution is -2.49. The van der Waals surface area contributed by atoms with Crippen molar-refractivity contribution in [2.24, 2.45) is 5.92 Å². The Morgan fingerprint density at radius 3 is 2.56 bits per heavy atom. The van der Waals surface area contributed by atoms with Gasteiger partial charge in [0.2, 0.25) is 0 Å². The zero-order valence-corrected chi connectivity index (χ0v) is 14.1. The maximum atomic E-state index is 12.9. The number of fused-ring (bicyclic) bond motifs is 1. The van der Waals surface area contributed by atoms with Crippen LogP contribution in [0.4, 0.5) is 19.0 Å². The van der Waals surface area contributed by atoms with Crippen LogP contribution in [0, 0.1) is 5.92 Å². The van der Waals surface area contributed by atoms with Crippen molar-refractivity contribution in [1.29, 1.82) is 0 Å². The standard InChI is InChI=1S/C15H21F3N6O/c1-10(2)11(23-5-7-25-8-6-23)9-19-12-3-4-13-20-21-14(15(16,17)18)24(13)22-12/h3-4,10-11H,5-9H2,1-2H3,(H,19,22). The summed E-state index contributed by atoms with van der Waals surface area (Å²) in [4.78, 5) is 2.33. The molecule has 0 aliphatic carbocycles. The van der Waals surface area contributed by atoms with Gasteiger partial charge in [-0.3, -0.25) is 4.90 Å². The fourth-order valence-electron chi connectivity index (χ4n) is 2.96. The van der Waals surface area contributed by atoms with Crippen LogP contribution in [0.15, 0.2) is 12.1 Å². The molecule has 7 nitrogen and oxygen atoms in total. The summed E-state index contributed by atoms with van der Waals surface area (Å²) in [5.74, 6) is -0.383. The molecule has 1 atom stereocenters. The Kier molecular flexibility index (Phi) is 5.09. The average Bonchev–Trinajstić information content (AvgIpc) is 2.99. The van der Waals surface area contributed by atoms with Crippen LogP contribution in [0.3, 0.4) is 0 Å². The van der Waals surface area contributed by atoms with E-state index in [1.807, 2.05) is 0 Å². The molecule has 10 heteroatoms. The van der Waals surface area contributed by atoms with Crippen molar-refractivity contribution in [2.75, 3.05) is 38.2 Å². The molecule has 0 aromatic carbocycles. The van der Waals surface area contributed by atoms with Crippen molar-refractivity contribution in [2.45, 2.75) is 26.1 Å². The van der Waals surface area contributed by atoms with Crippen LogP contribution >= 0.6 is 0 Å². The Morgan fingerprint density at radius 1 is 1.20 bits per heavy atom. The first-order valence-corrected chi connectivity index (χ1v) is 8.21. The molecular weight excluding hydrogens is 337 g/mol. The molecule has 0 spiro atoms. The first-order valence-electron chi connectivity index (χ1n) is 8.21. The second kappa shape index (κ2) is 7.12. The quantitative estimate of drug-likeness (QED) is 0.881. The number of anilines is 1. The van der Waals surface area contributed by atoms with Gasteiger partial charge in [-0.1, -0.05) is 13.8 Å². The van der Waals surface area contributed by atoms with Crippen LogP contribution < -0.4 is 5.32 Å². The van der Waals surface area contributed by atoms with E-state index >= 15 is 0 Å². The summed E-state index contributed by atoms with van der Waals surface area (Å²) in [5, 5.41) is 13.8. The minimum Gasteiger partial charge on any atom is -0.379 e. The number of hydrogen-bond donors (Lipinski definition) is 1. The molecular formula is C15H21F3N6O. The molecule has 0 amide bonds. The van der Waals surface area contributed by atoms with Crippen LogP contribution in [-0.4, -0.2) is 63.6 Å². The molecule has 1 aliphatic heterocycles. The number of aromatic nitrogens is 4. The van der Waals surface area contributed by atoms with Crippen LogP contribution in [-0.2, 0) is 10.9 Å². The van der Waals surface area contributed by atoms with E-state index < -0.39 is 12.0 Å². The summed E-state index contributed by atoms with van der Waals surface area (Å²) >= 11 is 0. The van der Waals surface area contributed by atoms with Crippen LogP contribution in [0.5, 0.6) is 0 Å². The van der Waals surface area contributed by atoms with Crippen molar-refractivity contribution >= 4 is 11.5 Å². The molecule has 1 fully saturated rings. The number of halogens is 3. The second-order valence-corrected chi connectivity index (χ2v) is 6.35. The van der Waals surface area contributed by atoms with E-state index in [4.69, 9.17) is 4.74 Å². The number of nitrogens with one attached hydrogen (secondary N) is 1. The SMILES string of the molecule is CC(C)C(CNc1ccc2nnc(C(F)(F)F)n2n1)N1CCOCC1. The summed E-state index contributed by atoms with van der Waals surface area (Å²) in [5.41, 5.74) is 0.0615. The Bertz CT molecular complexity index is 711. The fraction of sp³-hybridized carbons (Fsp3) is 0.667. The first-order chi connectivity index (χ1) is 11.9. The Hall–Kier alpha value is -1.94. The maximum absolute atomic E-state index is 12.9. The molecule has 138 valence electrons. The van der Waals surface area contributed by atoms with Gasteiger partial charge in [0.15, 0.2) is 5.65 Å². The number of alkyl halides is 3. The van der Waals surface area contributed by atoms with Gasteiger partial charge in [-0.15, -0.1) is 15.3 Å². The number of hydrogen-bond acceptors (Lipinski definition) is 6. The molecule has 0 bridgehead atoms. The van der Waals surface area contributed by atoms with E-state index in [2.05, 4.69) is 39.4 Å². The van der Waals surface area contributed by atoms with E-state index in [1.54, 1.807) is 6.07 Å². The van der Waals surface area contributed by atoms with Crippen molar-refractivity contribution in [1.82, 2.24) is 24.7 Å². The molecule has 3 rings (SSSR count). The highest BCUT2D eigenvalue weighted by Gasteiger charge is 2.37. The first kappa shape index (κ1) is 17.9. The van der Waals surface area contributed by atoms with Crippen LogP contribution in [0.2, 0.25) is 0 Å². The largest absolute Gasteiger partial charge is 0.453 e. The van der Waals surface area contributed by atoms with E-state index in [1.165, 1.54) is 6.07 Å². The van der Waals surface area contributed by atoms with E-state index in [0.29, 0.717) is 31.5 Å². The lowest BCUT2D eigenvalue weighted by molar-refractivity contribution is -0.146. The van der Waals surface area contributed by atoms with Gasteiger partial charge in [0.1, 0.15) is 5.82 Å². The highest BCUT2D eigenvalue weighted by atomic mass is 19.4. The highest BCUT2D eigenvalue weighted by molar-refractivity contribution is 5.44. The summed E-state index contributed by atoms with van der Waals surface area (Å²) in [6.07, 6.45) is -4.60. The summed E-state index contributed by atoms with van der Waals surface area (Å²) in [7, 11) is 0. The van der Waals surface area contributed by atoms with Gasteiger partial charge >= 0.3 is 6.18 Å². The van der Waals surface area contributed by atoms with Crippen molar-refractivity contribution < 1.29 is 17.9 Å². The summed E-state index contributed by atoms with van der Waals surface area (Å²) < 4.78 is 44.9. The minimum absolute atomic E-state index is 0.0615. The molecule has 1 unspecified atom stereocenters. The molecule has 0 radical (unpaired) electrons. The number of rotatable bonds is 5. The molecule has 1 N–H and O–H groups in total. The van der Waals surface area contributed by atoms with E-state index in [-0.39, 0.29) is 11.7 Å². The number of ether oxygens (including phenoxy) is 1. The summed E-state index contributed by atoms with van der Waals surface area (Å²) in [6.45, 7) is 7.92. The molecule has 0 saturated carbocycles. The Labute approximate surface area is 143 Å². The van der Waals surface area contributed by atoms with Gasteiger partial charge in [-0.2, -0.15) is 17.7 Å². The fourth-order valence-corrected chi connectivity index (χ4v) is 2.96. The van der Waals surface area contributed by atoms with Gasteiger partial charge in [-0.05, 0) is 18.1 Å². The smallest absolute Gasteiger partial charge is 0.379 e. The van der Waals surface area contributed by atoms with Gasteiger partial charge in [-0.25, -0.2) is 0 Å². The zero-order chi connectivity index (χ0) is 18.0. The normalized spacial score (nSPS) is 18.0. The number of morpholine rings is 1. The Morgan fingerprint density at radius 2 is 1.92 bits per heavy atom. The second-order valence-electron chi connectivity index (χ2n) is 6.35. The minimum atomic E-state index is -4.60. The van der Waals surface area contributed by atoms with Crippen molar-refractivity contribution in [3.63, 3.8) is 0 Å². The van der Waals surface area contributed by atoms with Gasteiger partial charge in [0.25, 0.3) is 5.82 Å². The van der Waals surface area contributed by atoms with Crippen molar-refractivity contribution in [3.8, 4) is 0 Å². The molecule has 25 heavy (non-hydrogen) atoms. The monoisotopic (exact) mass is 358 g/mol. The Balaban J connectivity index is 1.75. The lowest BCUT2D eigenvalue weighted by atomic mass is 10.0. The summed E-state index contributed by atoms with van der Waals surface area (Å²) in [6, 6.07) is 3.32. The van der Waals surface area contributed by atoms with E-state index in [0.717, 1.165) is 17.6 Å². The van der Waals surface area contributed by atoms with Gasteiger partial charge in [0.05, 0.1) is 13.2 Å². The predicted molar refractivity (Wildman–Crippen MR) is 85.3 cm³/mol. The molecule has 1 aliphatic rings. The predicted octanol–water partition coefficient (Wildman–Crippen LogP) is 1.91. The van der Waals surface area contributed by atoms with Gasteiger partial charge < -0.3 is 10.1 Å². The molecule has 3 heterocycles. The third kappa shape index (κ3) is 4.01. The third-order valence-corrected chi connectivity index (χ3v) is 4.29. The highest BCUT2D eigenvalue weighted by Crippen LogP contribution is 2.27. The van der Waals surface area contributed by atoms with Crippen LogP contribution in [0.25, 0.3) is 5.65 Å². The molecule has 1 saturated heterocycles. The van der Waals surface area contributed by atoms with Crippen molar-refractivity contribution in [3.05, 3.63) is 18.0 Å².